The van der Waals surface area contributed by atoms with E-state index < -0.39 is 19.8 Å². The Morgan fingerprint density at radius 2 is 0.681 bits per heavy atom. The van der Waals surface area contributed by atoms with Crippen molar-refractivity contribution in [1.82, 2.24) is 0 Å². The Labute approximate surface area is 273 Å². The first-order valence-electron chi connectivity index (χ1n) is 15.9. The second-order valence-electron chi connectivity index (χ2n) is 12.2. The van der Waals surface area contributed by atoms with Gasteiger partial charge in [0.2, 0.25) is 0 Å². The molecule has 1 N–H and O–H groups in total. The second kappa shape index (κ2) is 10.8. The molecule has 2 atom stereocenters. The number of fused-ring (bicyclic) bond motifs is 4. The zero-order valence-corrected chi connectivity index (χ0v) is 26.4. The lowest BCUT2D eigenvalue weighted by Gasteiger charge is -2.32. The predicted molar refractivity (Wildman–Crippen MR) is 196 cm³/mol. The van der Waals surface area contributed by atoms with Gasteiger partial charge in [0.1, 0.15) is 0 Å². The van der Waals surface area contributed by atoms with Gasteiger partial charge in [0.25, 0.3) is 0 Å². The van der Waals surface area contributed by atoms with Crippen LogP contribution < -0.4 is 9.34 Å². The van der Waals surface area contributed by atoms with Gasteiger partial charge in [-0.3, -0.25) is 9.34 Å². The molecule has 4 nitrogen and oxygen atoms in total. The van der Waals surface area contributed by atoms with E-state index in [9.17, 15) is 4.89 Å². The SMILES string of the molecule is O=P1(O)N(c2c3ccccc3cc3ccccc23)[C@H](c2ccccc2)[C@@H](c2ccccc2)N1c1c2ccccc2cc2ccccc12. The van der Waals surface area contributed by atoms with Crippen LogP contribution in [-0.4, -0.2) is 4.89 Å². The number of anilines is 2. The molecule has 0 aromatic heterocycles. The Bertz CT molecular complexity index is 2220. The third-order valence-electron chi connectivity index (χ3n) is 9.61. The fourth-order valence-electron chi connectivity index (χ4n) is 7.65. The standard InChI is InChI=1S/C42H31N2O2P/c45-47(46)43(41-35-23-11-7-19-31(35)27-32-20-8-12-24-36(32)41)39(29-15-3-1-4-16-29)40(30-17-5-2-6-18-30)44(47)42-37-25-13-9-21-33(37)28-34-22-10-14-26-38(34)42/h1-28,39-40H,(H,45,46)/t39-,40-/m1/s1. The van der Waals surface area contributed by atoms with Gasteiger partial charge < -0.3 is 4.89 Å². The van der Waals surface area contributed by atoms with E-state index in [1.54, 1.807) is 0 Å². The van der Waals surface area contributed by atoms with Crippen LogP contribution in [0.3, 0.4) is 0 Å². The molecule has 0 radical (unpaired) electrons. The maximum atomic E-state index is 16.0. The minimum Gasteiger partial charge on any atom is -0.313 e. The van der Waals surface area contributed by atoms with Crippen molar-refractivity contribution < 1.29 is 9.46 Å². The summed E-state index contributed by atoms with van der Waals surface area (Å²) in [6.07, 6.45) is 0. The molecule has 8 aromatic rings. The molecule has 5 heteroatoms. The van der Waals surface area contributed by atoms with Gasteiger partial charge >= 0.3 is 7.67 Å². The van der Waals surface area contributed by atoms with Gasteiger partial charge in [-0.1, -0.05) is 158 Å². The number of hydrogen-bond donors (Lipinski definition) is 1. The first-order valence-corrected chi connectivity index (χ1v) is 17.5. The third-order valence-corrected chi connectivity index (χ3v) is 11.6. The van der Waals surface area contributed by atoms with Gasteiger partial charge in [0.15, 0.2) is 0 Å². The Balaban J connectivity index is 1.46. The molecule has 1 fully saturated rings. The van der Waals surface area contributed by atoms with Gasteiger partial charge in [-0.05, 0) is 44.8 Å². The number of rotatable bonds is 4. The molecule has 1 aliphatic heterocycles. The van der Waals surface area contributed by atoms with Crippen LogP contribution in [0.2, 0.25) is 0 Å². The largest absolute Gasteiger partial charge is 0.395 e. The average molecular weight is 627 g/mol. The molecule has 9 rings (SSSR count). The highest BCUT2D eigenvalue weighted by molar-refractivity contribution is 7.62. The zero-order valence-electron chi connectivity index (χ0n) is 25.5. The van der Waals surface area contributed by atoms with Crippen LogP contribution in [0.15, 0.2) is 170 Å². The lowest BCUT2D eigenvalue weighted by molar-refractivity contribution is 0.477. The van der Waals surface area contributed by atoms with Gasteiger partial charge in [-0.15, -0.1) is 0 Å². The predicted octanol–water partition coefficient (Wildman–Crippen LogP) is 11.2. The highest BCUT2D eigenvalue weighted by atomic mass is 31.2. The molecule has 0 unspecified atom stereocenters. The van der Waals surface area contributed by atoms with Gasteiger partial charge in [-0.25, -0.2) is 4.57 Å². The van der Waals surface area contributed by atoms with Crippen LogP contribution >= 0.6 is 7.67 Å². The Morgan fingerprint density at radius 3 is 1.00 bits per heavy atom. The highest BCUT2D eigenvalue weighted by Gasteiger charge is 2.57. The molecule has 1 heterocycles. The molecule has 0 amide bonds. The summed E-state index contributed by atoms with van der Waals surface area (Å²) in [6.45, 7) is 0. The molecule has 0 bridgehead atoms. The van der Waals surface area contributed by atoms with Crippen molar-refractivity contribution in [3.05, 3.63) is 181 Å². The second-order valence-corrected chi connectivity index (χ2v) is 14.1. The Kier molecular flexibility index (Phi) is 6.43. The van der Waals surface area contributed by atoms with Gasteiger partial charge in [0, 0.05) is 21.5 Å². The summed E-state index contributed by atoms with van der Waals surface area (Å²) >= 11 is 0. The maximum absolute atomic E-state index is 16.0. The molecule has 0 saturated carbocycles. The fourth-order valence-corrected chi connectivity index (χ4v) is 9.98. The van der Waals surface area contributed by atoms with Crippen LogP contribution in [0.4, 0.5) is 11.4 Å². The smallest absolute Gasteiger partial charge is 0.313 e. The van der Waals surface area contributed by atoms with Crippen molar-refractivity contribution in [3.8, 4) is 0 Å². The van der Waals surface area contributed by atoms with Crippen LogP contribution in [0.25, 0.3) is 43.1 Å². The van der Waals surface area contributed by atoms with E-state index in [0.29, 0.717) is 0 Å². The summed E-state index contributed by atoms with van der Waals surface area (Å²) in [5.74, 6) is 0. The van der Waals surface area contributed by atoms with Crippen molar-refractivity contribution in [1.29, 1.82) is 0 Å². The van der Waals surface area contributed by atoms with E-state index >= 15 is 4.57 Å². The number of nitrogens with zero attached hydrogens (tertiary/aromatic N) is 2. The quantitative estimate of drug-likeness (QED) is 0.156. The first kappa shape index (κ1) is 27.9. The summed E-state index contributed by atoms with van der Waals surface area (Å²) in [4.78, 5) is 13.1. The summed E-state index contributed by atoms with van der Waals surface area (Å²) in [5.41, 5.74) is 3.48. The van der Waals surface area contributed by atoms with Crippen molar-refractivity contribution >= 4 is 62.1 Å². The van der Waals surface area contributed by atoms with E-state index in [1.165, 1.54) is 0 Å². The average Bonchev–Trinajstić information content (AvgIpc) is 3.36. The van der Waals surface area contributed by atoms with Crippen LogP contribution in [0.1, 0.15) is 23.2 Å². The molecule has 226 valence electrons. The lowest BCUT2D eigenvalue weighted by Crippen LogP contribution is -2.24. The minimum absolute atomic E-state index is 0.499. The zero-order chi connectivity index (χ0) is 31.5. The molecular formula is C42H31N2O2P. The van der Waals surface area contributed by atoms with E-state index in [4.69, 9.17) is 0 Å². The normalized spacial score (nSPS) is 17.6. The van der Waals surface area contributed by atoms with Crippen LogP contribution in [0.5, 0.6) is 0 Å². The molecule has 1 aliphatic rings. The van der Waals surface area contributed by atoms with Gasteiger partial charge in [-0.2, -0.15) is 0 Å². The summed E-state index contributed by atoms with van der Waals surface area (Å²) in [7, 11) is -4.40. The molecule has 0 aliphatic carbocycles. The van der Waals surface area contributed by atoms with Crippen molar-refractivity contribution in [3.63, 3.8) is 0 Å². The Hall–Kier alpha value is -5.41. The van der Waals surface area contributed by atoms with Crippen molar-refractivity contribution in [2.45, 2.75) is 12.1 Å². The number of hydrogen-bond acceptors (Lipinski definition) is 1. The number of benzene rings is 8. The van der Waals surface area contributed by atoms with E-state index in [-0.39, 0.29) is 0 Å². The highest BCUT2D eigenvalue weighted by Crippen LogP contribution is 2.71. The first-order chi connectivity index (χ1) is 23.1. The third kappa shape index (κ3) is 4.30. The van der Waals surface area contributed by atoms with Crippen molar-refractivity contribution in [2.75, 3.05) is 9.34 Å². The summed E-state index contributed by atoms with van der Waals surface area (Å²) < 4.78 is 19.8. The molecule has 1 saturated heterocycles. The van der Waals surface area contributed by atoms with Crippen LogP contribution in [0, 0.1) is 0 Å². The minimum atomic E-state index is -4.40. The van der Waals surface area contributed by atoms with Crippen molar-refractivity contribution in [2.24, 2.45) is 0 Å². The monoisotopic (exact) mass is 626 g/mol. The van der Waals surface area contributed by atoms with Crippen LogP contribution in [-0.2, 0) is 4.57 Å². The maximum Gasteiger partial charge on any atom is 0.395 e. The molecule has 0 spiro atoms. The molecular weight excluding hydrogens is 595 g/mol. The lowest BCUT2D eigenvalue weighted by atomic mass is 9.90. The Morgan fingerprint density at radius 1 is 0.404 bits per heavy atom. The summed E-state index contributed by atoms with van der Waals surface area (Å²) in [5, 5.41) is 7.87. The summed E-state index contributed by atoms with van der Waals surface area (Å²) in [6, 6.07) is 56.6. The topological polar surface area (TPSA) is 43.8 Å². The van der Waals surface area contributed by atoms with E-state index in [0.717, 1.165) is 65.6 Å². The van der Waals surface area contributed by atoms with Gasteiger partial charge in [0.05, 0.1) is 23.5 Å². The van der Waals surface area contributed by atoms with E-state index in [2.05, 4.69) is 84.9 Å². The van der Waals surface area contributed by atoms with E-state index in [1.807, 2.05) is 94.3 Å². The molecule has 47 heavy (non-hydrogen) atoms. The fraction of sp³-hybridized carbons (Fsp3) is 0.0476. The molecule has 8 aromatic carbocycles.